The van der Waals surface area contributed by atoms with Crippen LogP contribution in [-0.4, -0.2) is 74.3 Å². The largest absolute Gasteiger partial charge is 0.427 e. The number of oxime groups is 1. The maximum absolute atomic E-state index is 13.0. The molecule has 36 heavy (non-hydrogen) atoms. The van der Waals surface area contributed by atoms with E-state index in [4.69, 9.17) is 20.5 Å². The number of thioether (sulfide) groups is 2. The highest BCUT2D eigenvalue weighted by atomic mass is 32.2. The molecule has 4 N–H and O–H groups in total. The van der Waals surface area contributed by atoms with Crippen molar-refractivity contribution in [2.24, 2.45) is 10.6 Å². The fourth-order valence-electron chi connectivity index (χ4n) is 3.05. The number of carbonyl (C=O) groups is 4. The summed E-state index contributed by atoms with van der Waals surface area (Å²) in [6.45, 7) is 4.27. The van der Waals surface area contributed by atoms with Crippen LogP contribution in [0.5, 0.6) is 0 Å². The third-order valence-corrected chi connectivity index (χ3v) is 7.89. The molecule has 0 aromatic carbocycles. The SMILES string of the molecule is CC(C)(C)C(=O)OCOC(=O)C1=C(SCC#N)CS[C@@H]2[C@H](NC(=O)/C(=N\O)c3csc(N)n3)C(=O)N12. The molecule has 0 bridgehead atoms. The van der Waals surface area contributed by atoms with Crippen molar-refractivity contribution in [2.75, 3.05) is 24.0 Å². The van der Waals surface area contributed by atoms with Crippen molar-refractivity contribution in [3.8, 4) is 6.07 Å². The number of hydrogen-bond donors (Lipinski definition) is 3. The Labute approximate surface area is 218 Å². The first-order valence-electron chi connectivity index (χ1n) is 10.3. The van der Waals surface area contributed by atoms with Gasteiger partial charge in [-0.2, -0.15) is 5.26 Å². The summed E-state index contributed by atoms with van der Waals surface area (Å²) in [6.07, 6.45) is 0. The third kappa shape index (κ3) is 5.74. The van der Waals surface area contributed by atoms with Crippen LogP contribution < -0.4 is 11.1 Å². The molecule has 13 nitrogen and oxygen atoms in total. The second-order valence-corrected chi connectivity index (χ2v) is 11.4. The van der Waals surface area contributed by atoms with Crippen molar-refractivity contribution in [3.05, 3.63) is 21.7 Å². The molecule has 0 aliphatic carbocycles. The van der Waals surface area contributed by atoms with Crippen molar-refractivity contribution in [3.63, 3.8) is 0 Å². The minimum absolute atomic E-state index is 0.0334. The number of nitrogens with two attached hydrogens (primary N) is 1. The van der Waals surface area contributed by atoms with E-state index < -0.39 is 53.1 Å². The molecule has 0 saturated carbocycles. The molecule has 3 rings (SSSR count). The molecule has 0 radical (unpaired) electrons. The highest BCUT2D eigenvalue weighted by molar-refractivity contribution is 8.06. The molecule has 16 heteroatoms. The van der Waals surface area contributed by atoms with Gasteiger partial charge in [0.2, 0.25) is 6.79 Å². The number of nitrogens with zero attached hydrogens (tertiary/aromatic N) is 4. The molecule has 3 heterocycles. The topological polar surface area (TPSA) is 197 Å². The monoisotopic (exact) mass is 554 g/mol. The summed E-state index contributed by atoms with van der Waals surface area (Å²) in [6, 6.07) is 0.934. The maximum atomic E-state index is 13.0. The molecule has 0 spiro atoms. The Balaban J connectivity index is 1.73. The van der Waals surface area contributed by atoms with E-state index in [1.807, 2.05) is 6.07 Å². The van der Waals surface area contributed by atoms with Gasteiger partial charge in [0.1, 0.15) is 22.8 Å². The quantitative estimate of drug-likeness (QED) is 0.102. The number of carbonyl (C=O) groups excluding carboxylic acids is 4. The summed E-state index contributed by atoms with van der Waals surface area (Å²) >= 11 is 3.39. The van der Waals surface area contributed by atoms with Crippen LogP contribution in [0, 0.1) is 16.7 Å². The maximum Gasteiger partial charge on any atom is 0.358 e. The molecule has 2 amide bonds. The number of thiazole rings is 1. The van der Waals surface area contributed by atoms with Gasteiger partial charge in [-0.05, 0) is 20.8 Å². The molecule has 2 aliphatic rings. The zero-order valence-corrected chi connectivity index (χ0v) is 21.8. The lowest BCUT2D eigenvalue weighted by Gasteiger charge is -2.49. The summed E-state index contributed by atoms with van der Waals surface area (Å²) in [5, 5.41) is 24.6. The zero-order valence-electron chi connectivity index (χ0n) is 19.3. The molecule has 2 aliphatic heterocycles. The van der Waals surface area contributed by atoms with E-state index in [0.29, 0.717) is 4.91 Å². The van der Waals surface area contributed by atoms with Crippen LogP contribution in [0.15, 0.2) is 21.1 Å². The number of ether oxygens (including phenoxy) is 2. The normalized spacial score (nSPS) is 19.7. The molecule has 0 unspecified atom stereocenters. The number of β-lactam (4-membered cyclic amide) rings is 1. The first kappa shape index (κ1) is 27.3. The van der Waals surface area contributed by atoms with Crippen molar-refractivity contribution in [2.45, 2.75) is 32.2 Å². The van der Waals surface area contributed by atoms with Crippen LogP contribution in [0.25, 0.3) is 0 Å². The first-order chi connectivity index (χ1) is 17.0. The average molecular weight is 555 g/mol. The van der Waals surface area contributed by atoms with E-state index in [1.165, 1.54) is 22.0 Å². The molecule has 1 aromatic heterocycles. The summed E-state index contributed by atoms with van der Waals surface area (Å²) in [5.74, 6) is -2.64. The number of nitrogens with one attached hydrogen (secondary N) is 1. The number of hydrogen-bond acceptors (Lipinski definition) is 14. The van der Waals surface area contributed by atoms with Crippen molar-refractivity contribution in [1.82, 2.24) is 15.2 Å². The number of nitrogen functional groups attached to an aromatic ring is 1. The number of amides is 2. The van der Waals surface area contributed by atoms with E-state index in [1.54, 1.807) is 20.8 Å². The van der Waals surface area contributed by atoms with Gasteiger partial charge in [0.05, 0.1) is 17.2 Å². The van der Waals surface area contributed by atoms with Crippen LogP contribution in [0.3, 0.4) is 0 Å². The van der Waals surface area contributed by atoms with E-state index in [-0.39, 0.29) is 28.0 Å². The van der Waals surface area contributed by atoms with Gasteiger partial charge in [0.15, 0.2) is 10.8 Å². The standard InChI is InChI=1S/C20H22N6O7S3/c1-20(2,3)18(30)33-8-32-17(29)13-10(34-5-4-21)7-35-16-12(15(28)26(13)16)24-14(27)11(25-31)9-6-36-19(22)23-9/h6,12,16,31H,5,7-8H2,1-3H3,(H2,22,23)(H,24,27)/b25-11-/t12-,16-/m1/s1. The predicted octanol–water partition coefficient (Wildman–Crippen LogP) is 0.862. The van der Waals surface area contributed by atoms with Crippen LogP contribution >= 0.6 is 34.9 Å². The van der Waals surface area contributed by atoms with Crippen LogP contribution in [0.1, 0.15) is 26.5 Å². The molecule has 2 atom stereocenters. The Kier molecular flexibility index (Phi) is 8.48. The highest BCUT2D eigenvalue weighted by Crippen LogP contribution is 2.43. The van der Waals surface area contributed by atoms with Gasteiger partial charge < -0.3 is 25.7 Å². The molecule has 1 aromatic rings. The minimum Gasteiger partial charge on any atom is -0.427 e. The minimum atomic E-state index is -1.03. The van der Waals surface area contributed by atoms with Crippen molar-refractivity contribution >= 4 is 69.5 Å². The van der Waals surface area contributed by atoms with Gasteiger partial charge in [-0.3, -0.25) is 19.3 Å². The van der Waals surface area contributed by atoms with Crippen LogP contribution in [0.4, 0.5) is 5.13 Å². The van der Waals surface area contributed by atoms with Gasteiger partial charge >= 0.3 is 11.9 Å². The molecule has 1 fully saturated rings. The van der Waals surface area contributed by atoms with Crippen molar-refractivity contribution < 1.29 is 33.9 Å². The Morgan fingerprint density at radius 2 is 2.14 bits per heavy atom. The number of anilines is 1. The number of rotatable bonds is 8. The molecule has 1 saturated heterocycles. The van der Waals surface area contributed by atoms with Crippen LogP contribution in [-0.2, 0) is 28.7 Å². The lowest BCUT2D eigenvalue weighted by Crippen LogP contribution is -2.71. The Hall–Kier alpha value is -3.29. The molecule has 192 valence electrons. The fraction of sp³-hybridized carbons (Fsp3) is 0.450. The van der Waals surface area contributed by atoms with E-state index in [0.717, 1.165) is 23.1 Å². The molecular formula is C20H22N6O7S3. The van der Waals surface area contributed by atoms with Crippen LogP contribution in [0.2, 0.25) is 0 Å². The highest BCUT2D eigenvalue weighted by Gasteiger charge is 2.55. The zero-order chi connectivity index (χ0) is 26.6. The second-order valence-electron chi connectivity index (χ2n) is 8.33. The summed E-state index contributed by atoms with van der Waals surface area (Å²) in [5.41, 5.74) is 4.30. The number of fused-ring (bicyclic) bond motifs is 1. The van der Waals surface area contributed by atoms with Gasteiger partial charge in [-0.1, -0.05) is 5.16 Å². The van der Waals surface area contributed by atoms with Crippen molar-refractivity contribution in [1.29, 1.82) is 5.26 Å². The number of aromatic nitrogens is 1. The first-order valence-corrected chi connectivity index (χ1v) is 13.2. The number of esters is 2. The van der Waals surface area contributed by atoms with Gasteiger partial charge in [0.25, 0.3) is 11.8 Å². The van der Waals surface area contributed by atoms with Gasteiger partial charge in [-0.25, -0.2) is 9.78 Å². The third-order valence-electron chi connectivity index (χ3n) is 4.80. The molecular weight excluding hydrogens is 532 g/mol. The Bertz CT molecular complexity index is 1180. The summed E-state index contributed by atoms with van der Waals surface area (Å²) < 4.78 is 10.1. The lowest BCUT2D eigenvalue weighted by atomic mass is 9.98. The van der Waals surface area contributed by atoms with E-state index >= 15 is 0 Å². The predicted molar refractivity (Wildman–Crippen MR) is 131 cm³/mol. The number of nitriles is 1. The van der Waals surface area contributed by atoms with Gasteiger partial charge in [0, 0.05) is 16.0 Å². The Morgan fingerprint density at radius 1 is 1.42 bits per heavy atom. The summed E-state index contributed by atoms with van der Waals surface area (Å²) in [7, 11) is 0. The van der Waals surface area contributed by atoms with E-state index in [2.05, 4.69) is 15.5 Å². The lowest BCUT2D eigenvalue weighted by molar-refractivity contribution is -0.173. The second kappa shape index (κ2) is 11.2. The van der Waals surface area contributed by atoms with Gasteiger partial charge in [-0.15, -0.1) is 34.9 Å². The average Bonchev–Trinajstić information content (AvgIpc) is 3.25. The Morgan fingerprint density at radius 3 is 2.72 bits per heavy atom. The fourth-order valence-corrected chi connectivity index (χ4v) is 5.89. The smallest absolute Gasteiger partial charge is 0.358 e. The van der Waals surface area contributed by atoms with E-state index in [9.17, 15) is 24.4 Å². The summed E-state index contributed by atoms with van der Waals surface area (Å²) in [4.78, 5) is 56.0.